The highest BCUT2D eigenvalue weighted by Gasteiger charge is 2.24. The van der Waals surface area contributed by atoms with E-state index >= 15 is 0 Å². The number of aryl methyl sites for hydroxylation is 3. The van der Waals surface area contributed by atoms with Crippen LogP contribution < -0.4 is 10.6 Å². The van der Waals surface area contributed by atoms with Gasteiger partial charge in [0.25, 0.3) is 0 Å². The molecule has 0 aromatic carbocycles. The van der Waals surface area contributed by atoms with Crippen molar-refractivity contribution in [1.82, 2.24) is 15.6 Å². The van der Waals surface area contributed by atoms with Gasteiger partial charge >= 0.3 is 0 Å². The molecule has 0 unspecified atom stereocenters. The standard InChI is InChI=1S/C14H21N3OS/c18-14(10-8-15-9-10)16-7-3-6-13-17-11-4-1-2-5-12(11)19-13/h10,15H,1-9H2,(H,16,18). The van der Waals surface area contributed by atoms with Crippen molar-refractivity contribution in [2.24, 2.45) is 5.92 Å². The van der Waals surface area contributed by atoms with Crippen LogP contribution in [0.2, 0.25) is 0 Å². The Labute approximate surface area is 118 Å². The zero-order chi connectivity index (χ0) is 13.1. The van der Waals surface area contributed by atoms with Crippen LogP contribution >= 0.6 is 11.3 Å². The van der Waals surface area contributed by atoms with Gasteiger partial charge in [-0.15, -0.1) is 11.3 Å². The first-order valence-corrected chi connectivity index (χ1v) is 8.10. The fourth-order valence-corrected chi connectivity index (χ4v) is 3.78. The fraction of sp³-hybridized carbons (Fsp3) is 0.714. The third kappa shape index (κ3) is 3.15. The quantitative estimate of drug-likeness (QED) is 0.799. The number of fused-ring (bicyclic) bond motifs is 1. The molecule has 0 spiro atoms. The van der Waals surface area contributed by atoms with Crippen LogP contribution in [0.1, 0.15) is 34.8 Å². The molecule has 0 radical (unpaired) electrons. The Balaban J connectivity index is 1.39. The summed E-state index contributed by atoms with van der Waals surface area (Å²) >= 11 is 1.88. The molecule has 1 fully saturated rings. The van der Waals surface area contributed by atoms with E-state index in [1.54, 1.807) is 0 Å². The van der Waals surface area contributed by atoms with Crippen LogP contribution in [-0.2, 0) is 24.1 Å². The summed E-state index contributed by atoms with van der Waals surface area (Å²) < 4.78 is 0. The second kappa shape index (κ2) is 6.01. The van der Waals surface area contributed by atoms with E-state index in [9.17, 15) is 4.79 Å². The molecule has 4 nitrogen and oxygen atoms in total. The molecule has 19 heavy (non-hydrogen) atoms. The summed E-state index contributed by atoms with van der Waals surface area (Å²) in [6.07, 6.45) is 7.00. The number of rotatable bonds is 5. The summed E-state index contributed by atoms with van der Waals surface area (Å²) in [7, 11) is 0. The van der Waals surface area contributed by atoms with Crippen LogP contribution in [-0.4, -0.2) is 30.5 Å². The topological polar surface area (TPSA) is 54.0 Å². The van der Waals surface area contributed by atoms with Crippen molar-refractivity contribution >= 4 is 17.2 Å². The van der Waals surface area contributed by atoms with Crippen molar-refractivity contribution in [3.63, 3.8) is 0 Å². The van der Waals surface area contributed by atoms with Crippen molar-refractivity contribution in [1.29, 1.82) is 0 Å². The molecule has 0 atom stereocenters. The minimum Gasteiger partial charge on any atom is -0.356 e. The van der Waals surface area contributed by atoms with E-state index in [4.69, 9.17) is 4.98 Å². The second-order valence-corrected chi connectivity index (χ2v) is 6.60. The van der Waals surface area contributed by atoms with Gasteiger partial charge in [0.15, 0.2) is 0 Å². The number of carbonyl (C=O) groups is 1. The highest BCUT2D eigenvalue weighted by molar-refractivity contribution is 7.11. The Morgan fingerprint density at radius 1 is 1.37 bits per heavy atom. The summed E-state index contributed by atoms with van der Waals surface area (Å²) in [4.78, 5) is 17.9. The summed E-state index contributed by atoms with van der Waals surface area (Å²) in [6, 6.07) is 0. The Kier molecular flexibility index (Phi) is 4.13. The number of hydrogen-bond donors (Lipinski definition) is 2. The molecular formula is C14H21N3OS. The van der Waals surface area contributed by atoms with E-state index in [0.717, 1.165) is 38.9 Å². The molecule has 1 aromatic rings. The van der Waals surface area contributed by atoms with Crippen LogP contribution in [0.25, 0.3) is 0 Å². The average molecular weight is 279 g/mol. The lowest BCUT2D eigenvalue weighted by atomic mass is 10.0. The minimum absolute atomic E-state index is 0.201. The van der Waals surface area contributed by atoms with E-state index in [1.165, 1.54) is 34.8 Å². The monoisotopic (exact) mass is 279 g/mol. The normalized spacial score (nSPS) is 18.7. The molecule has 0 saturated carbocycles. The van der Waals surface area contributed by atoms with Gasteiger partial charge in [-0.3, -0.25) is 4.79 Å². The van der Waals surface area contributed by atoms with Gasteiger partial charge in [-0.1, -0.05) is 0 Å². The second-order valence-electron chi connectivity index (χ2n) is 5.43. The van der Waals surface area contributed by atoms with Gasteiger partial charge in [-0.2, -0.15) is 0 Å². The van der Waals surface area contributed by atoms with E-state index in [0.29, 0.717) is 0 Å². The van der Waals surface area contributed by atoms with Crippen molar-refractivity contribution < 1.29 is 4.79 Å². The zero-order valence-electron chi connectivity index (χ0n) is 11.2. The highest BCUT2D eigenvalue weighted by Crippen LogP contribution is 2.27. The molecule has 1 saturated heterocycles. The van der Waals surface area contributed by atoms with Crippen LogP contribution in [0.3, 0.4) is 0 Å². The number of amides is 1. The molecule has 1 aromatic heterocycles. The molecule has 2 N–H and O–H groups in total. The van der Waals surface area contributed by atoms with Gasteiger partial charge in [0, 0.05) is 30.9 Å². The van der Waals surface area contributed by atoms with E-state index in [-0.39, 0.29) is 11.8 Å². The molecule has 0 bridgehead atoms. The van der Waals surface area contributed by atoms with E-state index in [2.05, 4.69) is 10.6 Å². The Bertz CT molecular complexity index is 430. The summed E-state index contributed by atoms with van der Waals surface area (Å²) in [6.45, 7) is 2.45. The Hall–Kier alpha value is -0.940. The maximum atomic E-state index is 11.6. The van der Waals surface area contributed by atoms with Crippen LogP contribution in [0.4, 0.5) is 0 Å². The number of nitrogens with zero attached hydrogens (tertiary/aromatic N) is 1. The first-order chi connectivity index (χ1) is 9.33. The van der Waals surface area contributed by atoms with Crippen molar-refractivity contribution in [2.45, 2.75) is 38.5 Å². The number of thiazole rings is 1. The molecule has 104 valence electrons. The average Bonchev–Trinajstić information content (AvgIpc) is 2.75. The summed E-state index contributed by atoms with van der Waals surface area (Å²) in [5.74, 6) is 0.407. The largest absolute Gasteiger partial charge is 0.356 e. The molecule has 2 heterocycles. The molecule has 1 aliphatic heterocycles. The number of hydrogen-bond acceptors (Lipinski definition) is 4. The Morgan fingerprint density at radius 3 is 2.95 bits per heavy atom. The molecule has 3 rings (SSSR count). The third-order valence-corrected chi connectivity index (χ3v) is 5.13. The van der Waals surface area contributed by atoms with Crippen LogP contribution in [0.5, 0.6) is 0 Å². The van der Waals surface area contributed by atoms with Gasteiger partial charge in [0.1, 0.15) is 0 Å². The van der Waals surface area contributed by atoms with Crippen molar-refractivity contribution in [3.8, 4) is 0 Å². The Morgan fingerprint density at radius 2 is 2.21 bits per heavy atom. The van der Waals surface area contributed by atoms with E-state index in [1.807, 2.05) is 11.3 Å². The maximum absolute atomic E-state index is 11.6. The van der Waals surface area contributed by atoms with Crippen molar-refractivity contribution in [3.05, 3.63) is 15.6 Å². The SMILES string of the molecule is O=C(NCCCc1nc2c(s1)CCCC2)C1CNC1. The number of nitrogens with one attached hydrogen (secondary N) is 2. The predicted molar refractivity (Wildman–Crippen MR) is 76.4 cm³/mol. The molecule has 2 aliphatic rings. The summed E-state index contributed by atoms with van der Waals surface area (Å²) in [5, 5.41) is 7.39. The van der Waals surface area contributed by atoms with Crippen molar-refractivity contribution in [2.75, 3.05) is 19.6 Å². The lowest BCUT2D eigenvalue weighted by molar-refractivity contribution is -0.126. The van der Waals surface area contributed by atoms with Crippen LogP contribution in [0.15, 0.2) is 0 Å². The van der Waals surface area contributed by atoms with Gasteiger partial charge < -0.3 is 10.6 Å². The first-order valence-electron chi connectivity index (χ1n) is 7.29. The highest BCUT2D eigenvalue weighted by atomic mass is 32.1. The lowest BCUT2D eigenvalue weighted by Gasteiger charge is -2.25. The number of aromatic nitrogens is 1. The molecule has 1 aliphatic carbocycles. The molecule has 1 amide bonds. The van der Waals surface area contributed by atoms with Gasteiger partial charge in [0.2, 0.25) is 5.91 Å². The van der Waals surface area contributed by atoms with Gasteiger partial charge in [-0.25, -0.2) is 4.98 Å². The minimum atomic E-state index is 0.201. The summed E-state index contributed by atoms with van der Waals surface area (Å²) in [5.41, 5.74) is 1.34. The maximum Gasteiger partial charge on any atom is 0.225 e. The predicted octanol–water partition coefficient (Wildman–Crippen LogP) is 1.29. The zero-order valence-corrected chi connectivity index (χ0v) is 12.0. The lowest BCUT2D eigenvalue weighted by Crippen LogP contribution is -2.50. The number of carbonyl (C=O) groups excluding carboxylic acids is 1. The smallest absolute Gasteiger partial charge is 0.225 e. The van der Waals surface area contributed by atoms with Crippen LogP contribution in [0, 0.1) is 5.92 Å². The molecular weight excluding hydrogens is 258 g/mol. The fourth-order valence-electron chi connectivity index (χ4n) is 2.58. The van der Waals surface area contributed by atoms with E-state index < -0.39 is 0 Å². The third-order valence-electron chi connectivity index (χ3n) is 3.91. The first kappa shape index (κ1) is 13.1. The molecule has 5 heteroatoms. The van der Waals surface area contributed by atoms with Gasteiger partial charge in [-0.05, 0) is 32.1 Å². The van der Waals surface area contributed by atoms with Gasteiger partial charge in [0.05, 0.1) is 16.6 Å².